The van der Waals surface area contributed by atoms with Crippen molar-refractivity contribution in [3.8, 4) is 5.75 Å². The summed E-state index contributed by atoms with van der Waals surface area (Å²) >= 11 is 0. The van der Waals surface area contributed by atoms with E-state index in [1.165, 1.54) is 12.1 Å². The van der Waals surface area contributed by atoms with E-state index in [2.05, 4.69) is 26.6 Å². The van der Waals surface area contributed by atoms with Gasteiger partial charge < -0.3 is 52.6 Å². The first-order valence-electron chi connectivity index (χ1n) is 19.8. The predicted octanol–water partition coefficient (Wildman–Crippen LogP) is 2.73. The monoisotopic (exact) mass is 824 g/mol. The van der Waals surface area contributed by atoms with Gasteiger partial charge in [-0.1, -0.05) is 36.4 Å². The molecule has 59 heavy (non-hydrogen) atoms. The number of hydrogen-bond donors (Lipinski definition) is 9. The quantitative estimate of drug-likeness (QED) is 0.0360. The maximum absolute atomic E-state index is 14.3. The van der Waals surface area contributed by atoms with Gasteiger partial charge in [-0.3, -0.25) is 29.4 Å². The molecule has 0 saturated heterocycles. The van der Waals surface area contributed by atoms with Crippen LogP contribution in [0.2, 0.25) is 0 Å². The van der Waals surface area contributed by atoms with Gasteiger partial charge in [0, 0.05) is 31.8 Å². The number of aromatic hydroxyl groups is 1. The number of hydrogen-bond acceptors (Lipinski definition) is 10. The van der Waals surface area contributed by atoms with Gasteiger partial charge in [0.05, 0.1) is 6.42 Å². The molecule has 5 amide bonds. The van der Waals surface area contributed by atoms with Crippen LogP contribution in [0.25, 0.3) is 0 Å². The zero-order chi connectivity index (χ0) is 44.3. The number of alkyl carbamates (subject to hydrolysis) is 1. The van der Waals surface area contributed by atoms with Crippen molar-refractivity contribution in [1.82, 2.24) is 26.6 Å². The molecular weight excluding hydrogens is 761 g/mol. The first-order valence-corrected chi connectivity index (χ1v) is 19.8. The Morgan fingerprint density at radius 3 is 1.90 bits per heavy atom. The first kappa shape index (κ1) is 49.3. The first-order chi connectivity index (χ1) is 27.5. The maximum atomic E-state index is 14.3. The van der Waals surface area contributed by atoms with E-state index in [0.29, 0.717) is 30.4 Å². The Balaban J connectivity index is 2.42. The SMILES string of the molecule is Cc1cc(O)ccc1C[C@H](NC(=O)[C@@H](CCCNC(=N)N)CC(=O)OC(C)(C)C)C(=O)N[C@@H](CCCCNC(=O)OC(C)(C)C)C(=O)N[C@@H](Cc1ccccc1)C(N)=O. The third-order valence-electron chi connectivity index (χ3n) is 8.80. The Morgan fingerprint density at radius 1 is 0.712 bits per heavy atom. The third kappa shape index (κ3) is 20.4. The zero-order valence-corrected chi connectivity index (χ0v) is 35.4. The van der Waals surface area contributed by atoms with Crippen LogP contribution in [0.3, 0.4) is 0 Å². The number of guanidine groups is 1. The molecule has 326 valence electrons. The average Bonchev–Trinajstić information content (AvgIpc) is 3.11. The second-order valence-corrected chi connectivity index (χ2v) is 16.5. The molecule has 0 saturated carbocycles. The van der Waals surface area contributed by atoms with Crippen LogP contribution in [0.4, 0.5) is 4.79 Å². The Morgan fingerprint density at radius 2 is 1.31 bits per heavy atom. The zero-order valence-electron chi connectivity index (χ0n) is 35.4. The molecular formula is C42H64N8O9. The van der Waals surface area contributed by atoms with E-state index < -0.39 is 70.9 Å². The number of phenols is 1. The number of amides is 5. The predicted molar refractivity (Wildman–Crippen MR) is 223 cm³/mol. The Labute approximate surface area is 347 Å². The molecule has 0 aliphatic carbocycles. The van der Waals surface area contributed by atoms with Crippen LogP contribution in [-0.4, -0.2) is 89.2 Å². The lowest BCUT2D eigenvalue weighted by atomic mass is 9.95. The number of carbonyl (C=O) groups excluding carboxylic acids is 6. The van der Waals surface area contributed by atoms with Gasteiger partial charge >= 0.3 is 12.1 Å². The van der Waals surface area contributed by atoms with Crippen LogP contribution in [0.1, 0.15) is 96.8 Å². The molecule has 2 rings (SSSR count). The number of carbonyl (C=O) groups is 6. The fraction of sp³-hybridized carbons (Fsp3) is 0.548. The second kappa shape index (κ2) is 23.5. The normalized spacial score (nSPS) is 13.4. The molecule has 0 unspecified atom stereocenters. The fourth-order valence-electron chi connectivity index (χ4n) is 5.97. The molecule has 0 fully saturated rings. The Hall–Kier alpha value is -5.87. The van der Waals surface area contributed by atoms with Gasteiger partial charge in [-0.25, -0.2) is 4.79 Å². The molecule has 0 aromatic heterocycles. The van der Waals surface area contributed by atoms with E-state index in [0.717, 1.165) is 5.56 Å². The van der Waals surface area contributed by atoms with Crippen molar-refractivity contribution in [2.45, 2.75) is 129 Å². The van der Waals surface area contributed by atoms with Crippen LogP contribution in [0.15, 0.2) is 48.5 Å². The van der Waals surface area contributed by atoms with E-state index in [1.54, 1.807) is 78.8 Å². The fourth-order valence-corrected chi connectivity index (χ4v) is 5.97. The van der Waals surface area contributed by atoms with Crippen molar-refractivity contribution in [2.75, 3.05) is 13.1 Å². The van der Waals surface area contributed by atoms with Crippen LogP contribution >= 0.6 is 0 Å². The van der Waals surface area contributed by atoms with E-state index in [-0.39, 0.29) is 56.9 Å². The standard InChI is InChI=1S/C42H64N8O9/c1-26-22-30(51)19-18-28(26)24-33(50-36(54)29(16-13-21-46-39(44)45)25-34(52)58-41(2,3)4)38(56)48-31(17-11-12-20-47-40(57)59-42(5,6)7)37(55)49-32(35(43)53)23-27-14-9-8-10-15-27/h8-10,14-15,18-19,22,29,31-33,51H,11-13,16-17,20-21,23-25H2,1-7H3,(H2,43,53)(H,47,57)(H,48,56)(H,49,55)(H,50,54)(H4,44,45,46)/t29-,31-,32-,33-/m0/s1. The minimum absolute atomic E-state index is 0.00489. The maximum Gasteiger partial charge on any atom is 0.407 e. The number of nitrogens with one attached hydrogen (secondary N) is 6. The molecule has 0 radical (unpaired) electrons. The summed E-state index contributed by atoms with van der Waals surface area (Å²) in [5.74, 6) is -4.64. The molecule has 17 heteroatoms. The van der Waals surface area contributed by atoms with Crippen molar-refractivity contribution in [1.29, 1.82) is 5.41 Å². The largest absolute Gasteiger partial charge is 0.508 e. The van der Waals surface area contributed by atoms with E-state index in [9.17, 15) is 33.9 Å². The summed E-state index contributed by atoms with van der Waals surface area (Å²) in [5.41, 5.74) is 11.6. The highest BCUT2D eigenvalue weighted by molar-refractivity contribution is 5.95. The summed E-state index contributed by atoms with van der Waals surface area (Å²) in [6.07, 6.45) is 0.493. The minimum atomic E-state index is -1.28. The second-order valence-electron chi connectivity index (χ2n) is 16.5. The highest BCUT2D eigenvalue weighted by Crippen LogP contribution is 2.20. The van der Waals surface area contributed by atoms with Crippen LogP contribution in [-0.2, 0) is 46.3 Å². The van der Waals surface area contributed by atoms with Crippen molar-refractivity contribution >= 4 is 41.7 Å². The molecule has 2 aromatic carbocycles. The summed E-state index contributed by atoms with van der Waals surface area (Å²) in [5, 5.41) is 31.1. The van der Waals surface area contributed by atoms with Gasteiger partial charge in [-0.15, -0.1) is 0 Å². The number of unbranched alkanes of at least 4 members (excludes halogenated alkanes) is 1. The molecule has 0 aliphatic rings. The van der Waals surface area contributed by atoms with E-state index >= 15 is 0 Å². The van der Waals surface area contributed by atoms with Gasteiger partial charge in [-0.2, -0.15) is 0 Å². The van der Waals surface area contributed by atoms with Gasteiger partial charge in [0.25, 0.3) is 0 Å². The lowest BCUT2D eigenvalue weighted by Crippen LogP contribution is -2.57. The molecule has 0 aliphatic heterocycles. The van der Waals surface area contributed by atoms with Crippen LogP contribution in [0.5, 0.6) is 5.75 Å². The van der Waals surface area contributed by atoms with E-state index in [4.69, 9.17) is 26.4 Å². The van der Waals surface area contributed by atoms with Crippen molar-refractivity contribution in [3.05, 3.63) is 65.2 Å². The van der Waals surface area contributed by atoms with Crippen LogP contribution in [0, 0.1) is 18.3 Å². The molecule has 0 heterocycles. The molecule has 0 spiro atoms. The molecule has 17 nitrogen and oxygen atoms in total. The minimum Gasteiger partial charge on any atom is -0.508 e. The Kier molecular flexibility index (Phi) is 19.6. The number of ether oxygens (including phenoxy) is 2. The van der Waals surface area contributed by atoms with Crippen molar-refractivity contribution in [2.24, 2.45) is 17.4 Å². The molecule has 2 aromatic rings. The summed E-state index contributed by atoms with van der Waals surface area (Å²) in [4.78, 5) is 79.9. The number of nitrogens with two attached hydrogens (primary N) is 2. The number of aryl methyl sites for hydroxylation is 1. The highest BCUT2D eigenvalue weighted by Gasteiger charge is 2.32. The number of esters is 1. The molecule has 4 atom stereocenters. The topological polar surface area (TPSA) is 277 Å². The highest BCUT2D eigenvalue weighted by atomic mass is 16.6. The summed E-state index contributed by atoms with van der Waals surface area (Å²) < 4.78 is 10.8. The number of primary amides is 1. The smallest absolute Gasteiger partial charge is 0.407 e. The number of rotatable bonds is 22. The summed E-state index contributed by atoms with van der Waals surface area (Å²) in [7, 11) is 0. The Bertz CT molecular complexity index is 1740. The lowest BCUT2D eigenvalue weighted by molar-refractivity contribution is -0.157. The summed E-state index contributed by atoms with van der Waals surface area (Å²) in [6, 6.07) is 9.93. The van der Waals surface area contributed by atoms with Gasteiger partial charge in [0.2, 0.25) is 23.6 Å². The molecule has 11 N–H and O–H groups in total. The molecule has 0 bridgehead atoms. The van der Waals surface area contributed by atoms with Crippen LogP contribution < -0.4 is 38.1 Å². The van der Waals surface area contributed by atoms with E-state index in [1.807, 2.05) is 6.07 Å². The van der Waals surface area contributed by atoms with Gasteiger partial charge in [0.1, 0.15) is 35.1 Å². The van der Waals surface area contributed by atoms with Gasteiger partial charge in [0.15, 0.2) is 5.96 Å². The van der Waals surface area contributed by atoms with Crippen molar-refractivity contribution in [3.63, 3.8) is 0 Å². The summed E-state index contributed by atoms with van der Waals surface area (Å²) in [6.45, 7) is 12.5. The third-order valence-corrected chi connectivity index (χ3v) is 8.80. The number of phenolic OH excluding ortho intramolecular Hbond substituents is 1. The lowest BCUT2D eigenvalue weighted by Gasteiger charge is -2.27. The number of benzene rings is 2. The van der Waals surface area contributed by atoms with Crippen molar-refractivity contribution < 1.29 is 43.3 Å². The van der Waals surface area contributed by atoms with Gasteiger partial charge in [-0.05, 0) is 109 Å². The average molecular weight is 825 g/mol.